The van der Waals surface area contributed by atoms with Gasteiger partial charge in [0.25, 0.3) is 5.91 Å². The maximum Gasteiger partial charge on any atom is 0.267 e. The number of hydrazone groups is 1. The minimum atomic E-state index is -0.515. The minimum Gasteiger partial charge on any atom is -0.391 e. The highest BCUT2D eigenvalue weighted by molar-refractivity contribution is 6.40. The number of amides is 1. The summed E-state index contributed by atoms with van der Waals surface area (Å²) < 4.78 is 0. The lowest BCUT2D eigenvalue weighted by Gasteiger charge is -2.28. The largest absolute Gasteiger partial charge is 0.391 e. The van der Waals surface area contributed by atoms with Crippen molar-refractivity contribution in [2.45, 2.75) is 50.3 Å². The number of anilines is 1. The second-order valence-electron chi connectivity index (χ2n) is 7.69. The average molecular weight is 467 g/mol. The van der Waals surface area contributed by atoms with Gasteiger partial charge in [-0.3, -0.25) is 9.80 Å². The smallest absolute Gasteiger partial charge is 0.267 e. The number of carbonyl (C=O) groups excluding carboxylic acids is 1. The first-order valence-corrected chi connectivity index (χ1v) is 11.1. The summed E-state index contributed by atoms with van der Waals surface area (Å²) in [6.07, 6.45) is 3.35. The van der Waals surface area contributed by atoms with Gasteiger partial charge in [-0.1, -0.05) is 59.8 Å². The zero-order valence-corrected chi connectivity index (χ0v) is 18.5. The van der Waals surface area contributed by atoms with E-state index in [4.69, 9.17) is 34.8 Å². The van der Waals surface area contributed by atoms with Crippen LogP contribution in [0.3, 0.4) is 0 Å². The van der Waals surface area contributed by atoms with Crippen LogP contribution in [0.5, 0.6) is 0 Å². The Morgan fingerprint density at radius 1 is 1.03 bits per heavy atom. The summed E-state index contributed by atoms with van der Waals surface area (Å²) in [7, 11) is 0. The van der Waals surface area contributed by atoms with E-state index in [0.29, 0.717) is 39.3 Å². The first-order valence-electron chi connectivity index (χ1n) is 9.98. The molecule has 0 spiro atoms. The zero-order chi connectivity index (χ0) is 21.3. The van der Waals surface area contributed by atoms with E-state index < -0.39 is 6.10 Å². The summed E-state index contributed by atoms with van der Waals surface area (Å²) in [4.78, 5) is 13.0. The fourth-order valence-electron chi connectivity index (χ4n) is 4.01. The molecule has 2 N–H and O–H groups in total. The molecule has 0 bridgehead atoms. The molecule has 3 unspecified atom stereocenters. The Labute approximate surface area is 190 Å². The van der Waals surface area contributed by atoms with E-state index >= 15 is 0 Å². The van der Waals surface area contributed by atoms with Crippen molar-refractivity contribution < 1.29 is 9.90 Å². The molecule has 8 heteroatoms. The van der Waals surface area contributed by atoms with Gasteiger partial charge >= 0.3 is 0 Å². The maximum atomic E-state index is 13.0. The molecule has 4 rings (SSSR count). The van der Waals surface area contributed by atoms with E-state index in [-0.39, 0.29) is 18.0 Å². The molecule has 1 saturated carbocycles. The molecule has 0 aromatic heterocycles. The van der Waals surface area contributed by atoms with E-state index in [2.05, 4.69) is 10.4 Å². The van der Waals surface area contributed by atoms with Crippen molar-refractivity contribution in [3.05, 3.63) is 63.1 Å². The summed E-state index contributed by atoms with van der Waals surface area (Å²) in [5.74, 6) is -0.257. The molecule has 158 valence electrons. The molecule has 1 aliphatic heterocycles. The molecule has 3 atom stereocenters. The third kappa shape index (κ3) is 4.59. The second-order valence-corrected chi connectivity index (χ2v) is 8.97. The highest BCUT2D eigenvalue weighted by Gasteiger charge is 2.35. The summed E-state index contributed by atoms with van der Waals surface area (Å²) in [5, 5.41) is 21.2. The number of hydrogen-bond donors (Lipinski definition) is 2. The number of rotatable bonds is 4. The molecule has 1 amide bonds. The summed E-state index contributed by atoms with van der Waals surface area (Å²) in [6, 6.07) is 12.2. The van der Waals surface area contributed by atoms with Gasteiger partial charge in [-0.05, 0) is 48.7 Å². The van der Waals surface area contributed by atoms with Crippen molar-refractivity contribution in [3.8, 4) is 0 Å². The third-order valence-corrected chi connectivity index (χ3v) is 6.42. The van der Waals surface area contributed by atoms with Crippen LogP contribution in [0.25, 0.3) is 0 Å². The Bertz CT molecular complexity index is 965. The lowest BCUT2D eigenvalue weighted by molar-refractivity contribution is -0.116. The fourth-order valence-corrected chi connectivity index (χ4v) is 4.63. The Kier molecular flexibility index (Phi) is 6.54. The minimum absolute atomic E-state index is 0.210. The number of nitrogens with one attached hydrogen (secondary N) is 1. The van der Waals surface area contributed by atoms with Gasteiger partial charge in [0, 0.05) is 16.5 Å². The first kappa shape index (κ1) is 21.4. The van der Waals surface area contributed by atoms with Gasteiger partial charge in [-0.2, -0.15) is 5.10 Å². The molecular formula is C22H22Cl3N3O2. The molecule has 2 aliphatic rings. The Morgan fingerprint density at radius 2 is 1.73 bits per heavy atom. The molecule has 5 nitrogen and oxygen atoms in total. The van der Waals surface area contributed by atoms with E-state index in [1.54, 1.807) is 23.2 Å². The number of aliphatic hydroxyl groups is 1. The van der Waals surface area contributed by atoms with Gasteiger partial charge in [0.2, 0.25) is 0 Å². The van der Waals surface area contributed by atoms with Crippen molar-refractivity contribution in [2.75, 3.05) is 5.01 Å². The van der Waals surface area contributed by atoms with E-state index in [0.717, 1.165) is 24.8 Å². The van der Waals surface area contributed by atoms with Crippen LogP contribution in [0.4, 0.5) is 5.69 Å². The van der Waals surface area contributed by atoms with Gasteiger partial charge in [0.05, 0.1) is 28.9 Å². The molecule has 2 aromatic rings. The van der Waals surface area contributed by atoms with Crippen LogP contribution in [0.15, 0.2) is 47.6 Å². The molecule has 30 heavy (non-hydrogen) atoms. The van der Waals surface area contributed by atoms with Crippen LogP contribution in [-0.4, -0.2) is 28.9 Å². The van der Waals surface area contributed by atoms with Crippen LogP contribution >= 0.6 is 34.8 Å². The van der Waals surface area contributed by atoms with Crippen molar-refractivity contribution in [1.82, 2.24) is 5.32 Å². The summed E-state index contributed by atoms with van der Waals surface area (Å²) >= 11 is 18.5. The van der Waals surface area contributed by atoms with E-state index in [1.807, 2.05) is 24.3 Å². The topological polar surface area (TPSA) is 64.9 Å². The predicted octanol–water partition coefficient (Wildman–Crippen LogP) is 5.37. The Hall–Kier alpha value is -1.79. The van der Waals surface area contributed by atoms with Gasteiger partial charge < -0.3 is 10.4 Å². The second kappa shape index (κ2) is 9.15. The highest BCUT2D eigenvalue weighted by atomic mass is 35.5. The van der Waals surface area contributed by atoms with Crippen LogP contribution in [0.2, 0.25) is 15.1 Å². The SMILES string of the molecule is O=C(NC1CCCCC1O)C1=NN(c2ccc(Cl)cc2Cl)C(c2ccc(Cl)cc2)C1. The fraction of sp³-hybridized carbons (Fsp3) is 0.364. The predicted molar refractivity (Wildman–Crippen MR) is 122 cm³/mol. The van der Waals surface area contributed by atoms with E-state index in [1.165, 1.54) is 0 Å². The molecule has 1 fully saturated rings. The number of aliphatic hydroxyl groups excluding tert-OH is 1. The Balaban J connectivity index is 1.63. The van der Waals surface area contributed by atoms with Gasteiger partial charge in [0.1, 0.15) is 5.71 Å². The van der Waals surface area contributed by atoms with Gasteiger partial charge in [-0.15, -0.1) is 0 Å². The molecule has 0 saturated heterocycles. The number of benzene rings is 2. The molecule has 1 heterocycles. The van der Waals surface area contributed by atoms with Crippen molar-refractivity contribution in [2.24, 2.45) is 5.10 Å². The molecule has 1 aliphatic carbocycles. The van der Waals surface area contributed by atoms with Crippen LogP contribution in [0, 0.1) is 0 Å². The summed E-state index contributed by atoms with van der Waals surface area (Å²) in [6.45, 7) is 0. The quantitative estimate of drug-likeness (QED) is 0.636. The first-order chi connectivity index (χ1) is 14.4. The average Bonchev–Trinajstić information content (AvgIpc) is 3.15. The van der Waals surface area contributed by atoms with Gasteiger partial charge in [-0.25, -0.2) is 0 Å². The standard InChI is InChI=1S/C22H22Cl3N3O2/c23-14-7-5-13(6-8-14)20-12-18(22(30)26-17-3-1-2-4-21(17)29)27-28(20)19-10-9-15(24)11-16(19)25/h5-11,17,20-21,29H,1-4,12H2,(H,26,30). The Morgan fingerprint density at radius 3 is 2.43 bits per heavy atom. The summed E-state index contributed by atoms with van der Waals surface area (Å²) in [5.41, 5.74) is 2.04. The van der Waals surface area contributed by atoms with Crippen LogP contribution in [-0.2, 0) is 4.79 Å². The lowest BCUT2D eigenvalue weighted by atomic mass is 9.92. The van der Waals surface area contributed by atoms with Gasteiger partial charge in [0.15, 0.2) is 0 Å². The van der Waals surface area contributed by atoms with Crippen molar-refractivity contribution in [1.29, 1.82) is 0 Å². The van der Waals surface area contributed by atoms with Crippen molar-refractivity contribution >= 4 is 52.1 Å². The zero-order valence-electron chi connectivity index (χ0n) is 16.2. The molecule has 2 aromatic carbocycles. The number of carbonyl (C=O) groups is 1. The van der Waals surface area contributed by atoms with Crippen molar-refractivity contribution in [3.63, 3.8) is 0 Å². The maximum absolute atomic E-state index is 13.0. The highest BCUT2D eigenvalue weighted by Crippen LogP contribution is 2.40. The third-order valence-electron chi connectivity index (χ3n) is 5.63. The normalized spacial score (nSPS) is 23.9. The van der Waals surface area contributed by atoms with E-state index in [9.17, 15) is 9.90 Å². The monoisotopic (exact) mass is 465 g/mol. The molecular weight excluding hydrogens is 445 g/mol. The number of nitrogens with zero attached hydrogens (tertiary/aromatic N) is 2. The lowest BCUT2D eigenvalue weighted by Crippen LogP contribution is -2.47. The number of hydrogen-bond acceptors (Lipinski definition) is 4. The number of halogens is 3. The van der Waals surface area contributed by atoms with Crippen LogP contribution < -0.4 is 10.3 Å². The molecule has 0 radical (unpaired) electrons. The van der Waals surface area contributed by atoms with Crippen LogP contribution in [0.1, 0.15) is 43.7 Å².